The first-order valence-corrected chi connectivity index (χ1v) is 7.14. The molecule has 1 unspecified atom stereocenters. The summed E-state index contributed by atoms with van der Waals surface area (Å²) in [6.45, 7) is 2.91. The quantitative estimate of drug-likeness (QED) is 0.792. The van der Waals surface area contributed by atoms with Crippen LogP contribution in [0.2, 0.25) is 0 Å². The lowest BCUT2D eigenvalue weighted by Gasteiger charge is -2.16. The zero-order valence-electron chi connectivity index (χ0n) is 12.1. The van der Waals surface area contributed by atoms with E-state index < -0.39 is 0 Å². The number of hydrogen-bond donors (Lipinski definition) is 2. The smallest absolute Gasteiger partial charge is 0.220 e. The molecule has 1 amide bonds. The fourth-order valence-electron chi connectivity index (χ4n) is 2.45. The highest BCUT2D eigenvalue weighted by molar-refractivity contribution is 5.86. The molecular weight excluding hydrogens is 248 g/mol. The van der Waals surface area contributed by atoms with Crippen LogP contribution in [-0.2, 0) is 4.79 Å². The Morgan fingerprint density at radius 3 is 2.70 bits per heavy atom. The van der Waals surface area contributed by atoms with Crippen molar-refractivity contribution < 1.29 is 4.79 Å². The Kier molecular flexibility index (Phi) is 5.13. The van der Waals surface area contributed by atoms with Crippen molar-refractivity contribution in [3.8, 4) is 0 Å². The lowest BCUT2D eigenvalue weighted by atomic mass is 9.99. The maximum atomic E-state index is 11.9. The molecule has 0 saturated carbocycles. The normalized spacial score (nSPS) is 12.3. The van der Waals surface area contributed by atoms with E-state index in [0.717, 1.165) is 13.0 Å². The standard InChI is InChI=1S/C17H22N2O/c1-13(19-17(20)11-6-12-18-2)15-10-5-8-14-7-3-4-9-16(14)15/h3-5,7-10,13,18H,6,11-12H2,1-2H3,(H,19,20). The monoisotopic (exact) mass is 270 g/mol. The van der Waals surface area contributed by atoms with Crippen molar-refractivity contribution in [2.45, 2.75) is 25.8 Å². The zero-order valence-corrected chi connectivity index (χ0v) is 12.1. The first-order chi connectivity index (χ1) is 9.72. The lowest BCUT2D eigenvalue weighted by molar-refractivity contribution is -0.121. The number of amides is 1. The number of carbonyl (C=O) groups excluding carboxylic acids is 1. The Bertz CT molecular complexity index is 575. The van der Waals surface area contributed by atoms with Gasteiger partial charge < -0.3 is 10.6 Å². The van der Waals surface area contributed by atoms with Crippen LogP contribution in [0.5, 0.6) is 0 Å². The SMILES string of the molecule is CNCCCC(=O)NC(C)c1cccc2ccccc12. The Balaban J connectivity index is 2.07. The van der Waals surface area contributed by atoms with Crippen LogP contribution in [0.3, 0.4) is 0 Å². The summed E-state index contributed by atoms with van der Waals surface area (Å²) in [5, 5.41) is 8.55. The molecule has 2 aromatic rings. The van der Waals surface area contributed by atoms with E-state index in [1.54, 1.807) is 0 Å². The van der Waals surface area contributed by atoms with Crippen LogP contribution in [0.1, 0.15) is 31.4 Å². The van der Waals surface area contributed by atoms with E-state index in [-0.39, 0.29) is 11.9 Å². The first-order valence-electron chi connectivity index (χ1n) is 7.14. The molecule has 20 heavy (non-hydrogen) atoms. The summed E-state index contributed by atoms with van der Waals surface area (Å²) in [4.78, 5) is 11.9. The van der Waals surface area contributed by atoms with Gasteiger partial charge in [-0.3, -0.25) is 4.79 Å². The molecule has 2 aromatic carbocycles. The van der Waals surface area contributed by atoms with E-state index >= 15 is 0 Å². The minimum atomic E-state index is 0.0307. The summed E-state index contributed by atoms with van der Waals surface area (Å²) < 4.78 is 0. The summed E-state index contributed by atoms with van der Waals surface area (Å²) in [5.41, 5.74) is 1.17. The predicted octanol–water partition coefficient (Wildman–Crippen LogP) is 3.02. The molecular formula is C17H22N2O. The van der Waals surface area contributed by atoms with Crippen LogP contribution in [0.25, 0.3) is 10.8 Å². The number of rotatable bonds is 6. The molecule has 3 heteroatoms. The molecule has 106 valence electrons. The Morgan fingerprint density at radius 1 is 1.15 bits per heavy atom. The third kappa shape index (κ3) is 3.58. The maximum Gasteiger partial charge on any atom is 0.220 e. The second-order valence-corrected chi connectivity index (χ2v) is 5.06. The van der Waals surface area contributed by atoms with Crippen LogP contribution in [-0.4, -0.2) is 19.5 Å². The van der Waals surface area contributed by atoms with E-state index in [1.807, 2.05) is 32.2 Å². The molecule has 0 aliphatic carbocycles. The van der Waals surface area contributed by atoms with Crippen molar-refractivity contribution in [1.29, 1.82) is 0 Å². The molecule has 0 bridgehead atoms. The van der Waals surface area contributed by atoms with Crippen LogP contribution in [0.4, 0.5) is 0 Å². The summed E-state index contributed by atoms with van der Waals surface area (Å²) in [7, 11) is 1.90. The summed E-state index contributed by atoms with van der Waals surface area (Å²) in [5.74, 6) is 0.112. The van der Waals surface area contributed by atoms with Crippen LogP contribution >= 0.6 is 0 Å². The number of nitrogens with one attached hydrogen (secondary N) is 2. The third-order valence-electron chi connectivity index (χ3n) is 3.50. The molecule has 2 N–H and O–H groups in total. The largest absolute Gasteiger partial charge is 0.350 e. The van der Waals surface area contributed by atoms with Crippen molar-refractivity contribution in [2.75, 3.05) is 13.6 Å². The van der Waals surface area contributed by atoms with Gasteiger partial charge in [0, 0.05) is 6.42 Å². The highest BCUT2D eigenvalue weighted by atomic mass is 16.1. The maximum absolute atomic E-state index is 11.9. The van der Waals surface area contributed by atoms with Crippen LogP contribution < -0.4 is 10.6 Å². The van der Waals surface area contributed by atoms with Crippen molar-refractivity contribution in [2.24, 2.45) is 0 Å². The van der Waals surface area contributed by atoms with Gasteiger partial charge in [0.15, 0.2) is 0 Å². The molecule has 1 atom stereocenters. The van der Waals surface area contributed by atoms with Crippen molar-refractivity contribution in [1.82, 2.24) is 10.6 Å². The second kappa shape index (κ2) is 7.06. The molecule has 3 nitrogen and oxygen atoms in total. The molecule has 0 heterocycles. The van der Waals surface area contributed by atoms with E-state index in [9.17, 15) is 4.79 Å². The average Bonchev–Trinajstić information content (AvgIpc) is 2.47. The second-order valence-electron chi connectivity index (χ2n) is 5.06. The van der Waals surface area contributed by atoms with E-state index in [2.05, 4.69) is 34.9 Å². The Hall–Kier alpha value is -1.87. The average molecular weight is 270 g/mol. The minimum absolute atomic E-state index is 0.0307. The van der Waals surface area contributed by atoms with Crippen molar-refractivity contribution in [3.63, 3.8) is 0 Å². The van der Waals surface area contributed by atoms with E-state index in [1.165, 1.54) is 16.3 Å². The highest BCUT2D eigenvalue weighted by Gasteiger charge is 2.11. The molecule has 0 aliphatic rings. The Labute approximate surface area is 120 Å². The van der Waals surface area contributed by atoms with Gasteiger partial charge in [0.1, 0.15) is 0 Å². The van der Waals surface area contributed by atoms with E-state index in [4.69, 9.17) is 0 Å². The lowest BCUT2D eigenvalue weighted by Crippen LogP contribution is -2.27. The van der Waals surface area contributed by atoms with Gasteiger partial charge in [0.2, 0.25) is 5.91 Å². The van der Waals surface area contributed by atoms with Gasteiger partial charge >= 0.3 is 0 Å². The van der Waals surface area contributed by atoms with Gasteiger partial charge in [-0.15, -0.1) is 0 Å². The van der Waals surface area contributed by atoms with Crippen LogP contribution in [0, 0.1) is 0 Å². The number of fused-ring (bicyclic) bond motifs is 1. The fourth-order valence-corrected chi connectivity index (χ4v) is 2.45. The number of hydrogen-bond acceptors (Lipinski definition) is 2. The molecule has 0 fully saturated rings. The van der Waals surface area contributed by atoms with Gasteiger partial charge in [-0.05, 0) is 43.3 Å². The van der Waals surface area contributed by atoms with Gasteiger partial charge in [-0.25, -0.2) is 0 Å². The van der Waals surface area contributed by atoms with Crippen molar-refractivity contribution in [3.05, 3.63) is 48.0 Å². The summed E-state index contributed by atoms with van der Waals surface area (Å²) in [6, 6.07) is 14.5. The fraction of sp³-hybridized carbons (Fsp3) is 0.353. The molecule has 0 saturated heterocycles. The van der Waals surface area contributed by atoms with Gasteiger partial charge in [0.25, 0.3) is 0 Å². The van der Waals surface area contributed by atoms with Gasteiger partial charge in [-0.2, -0.15) is 0 Å². The third-order valence-corrected chi connectivity index (χ3v) is 3.50. The highest BCUT2D eigenvalue weighted by Crippen LogP contribution is 2.24. The topological polar surface area (TPSA) is 41.1 Å². The molecule has 0 aromatic heterocycles. The number of carbonyl (C=O) groups is 1. The molecule has 0 radical (unpaired) electrons. The summed E-state index contributed by atoms with van der Waals surface area (Å²) >= 11 is 0. The zero-order chi connectivity index (χ0) is 14.4. The first kappa shape index (κ1) is 14.5. The van der Waals surface area contributed by atoms with Crippen LogP contribution in [0.15, 0.2) is 42.5 Å². The minimum Gasteiger partial charge on any atom is -0.350 e. The molecule has 0 spiro atoms. The van der Waals surface area contributed by atoms with Crippen molar-refractivity contribution >= 4 is 16.7 Å². The van der Waals surface area contributed by atoms with Gasteiger partial charge in [-0.1, -0.05) is 42.5 Å². The van der Waals surface area contributed by atoms with Gasteiger partial charge in [0.05, 0.1) is 6.04 Å². The predicted molar refractivity (Wildman–Crippen MR) is 83.7 cm³/mol. The van der Waals surface area contributed by atoms with E-state index in [0.29, 0.717) is 6.42 Å². The molecule has 2 rings (SSSR count). The summed E-state index contributed by atoms with van der Waals surface area (Å²) in [6.07, 6.45) is 1.43. The number of benzene rings is 2. The Morgan fingerprint density at radius 2 is 1.90 bits per heavy atom. The molecule has 0 aliphatic heterocycles.